The van der Waals surface area contributed by atoms with E-state index in [1.165, 1.54) is 7.11 Å². The van der Waals surface area contributed by atoms with Crippen LogP contribution in [0.2, 0.25) is 0 Å². The predicted octanol–water partition coefficient (Wildman–Crippen LogP) is 4.46. The SMILES string of the molecule is CNC(=O)C(=NOC)c1ccccc1COc1cc(C=C(Br)Br)ccc1OC. The number of amides is 1. The largest absolute Gasteiger partial charge is 0.493 e. The maximum Gasteiger partial charge on any atom is 0.273 e. The van der Waals surface area contributed by atoms with Crippen LogP contribution in [0.3, 0.4) is 0 Å². The lowest BCUT2D eigenvalue weighted by atomic mass is 10.0. The Labute approximate surface area is 180 Å². The van der Waals surface area contributed by atoms with Gasteiger partial charge in [-0.05, 0) is 61.2 Å². The van der Waals surface area contributed by atoms with Gasteiger partial charge in [-0.3, -0.25) is 4.79 Å². The summed E-state index contributed by atoms with van der Waals surface area (Å²) >= 11 is 6.70. The van der Waals surface area contributed by atoms with Crippen molar-refractivity contribution in [1.82, 2.24) is 5.32 Å². The molecule has 148 valence electrons. The number of benzene rings is 2. The number of halogens is 2. The number of nitrogens with one attached hydrogen (secondary N) is 1. The van der Waals surface area contributed by atoms with E-state index in [1.807, 2.05) is 42.5 Å². The zero-order chi connectivity index (χ0) is 20.5. The van der Waals surface area contributed by atoms with E-state index in [2.05, 4.69) is 42.3 Å². The molecule has 2 rings (SSSR count). The Morgan fingerprint density at radius 3 is 2.54 bits per heavy atom. The lowest BCUT2D eigenvalue weighted by Gasteiger charge is -2.14. The summed E-state index contributed by atoms with van der Waals surface area (Å²) < 4.78 is 12.2. The van der Waals surface area contributed by atoms with Gasteiger partial charge in [-0.2, -0.15) is 0 Å². The van der Waals surface area contributed by atoms with Crippen molar-refractivity contribution in [3.8, 4) is 11.5 Å². The molecule has 0 radical (unpaired) electrons. The molecule has 0 fully saturated rings. The van der Waals surface area contributed by atoms with E-state index in [0.717, 1.165) is 14.5 Å². The third-order valence-electron chi connectivity index (χ3n) is 3.74. The summed E-state index contributed by atoms with van der Waals surface area (Å²) in [6.45, 7) is 0.217. The molecule has 0 spiro atoms. The van der Waals surface area contributed by atoms with Gasteiger partial charge >= 0.3 is 0 Å². The highest BCUT2D eigenvalue weighted by atomic mass is 79.9. The minimum absolute atomic E-state index is 0.177. The molecule has 2 aromatic rings. The summed E-state index contributed by atoms with van der Waals surface area (Å²) in [6, 6.07) is 13.0. The standard InChI is InChI=1S/C20H20Br2N2O4/c1-23-20(25)19(24-27-3)15-7-5-4-6-14(15)12-28-17-10-13(11-18(21)22)8-9-16(17)26-2/h4-11H,12H2,1-3H3,(H,23,25). The molecule has 0 saturated carbocycles. The second kappa shape index (κ2) is 10.9. The van der Waals surface area contributed by atoms with E-state index in [1.54, 1.807) is 20.2 Å². The molecule has 0 aliphatic heterocycles. The van der Waals surface area contributed by atoms with E-state index in [4.69, 9.17) is 14.3 Å². The maximum atomic E-state index is 12.2. The van der Waals surface area contributed by atoms with Crippen LogP contribution in [0.25, 0.3) is 6.08 Å². The topological polar surface area (TPSA) is 69.2 Å². The van der Waals surface area contributed by atoms with E-state index >= 15 is 0 Å². The van der Waals surface area contributed by atoms with Crippen LogP contribution in [0.4, 0.5) is 0 Å². The normalized spacial score (nSPS) is 10.8. The number of hydrogen-bond acceptors (Lipinski definition) is 5. The predicted molar refractivity (Wildman–Crippen MR) is 117 cm³/mol. The van der Waals surface area contributed by atoms with Gasteiger partial charge in [0.2, 0.25) is 0 Å². The number of hydrogen-bond donors (Lipinski definition) is 1. The molecule has 0 saturated heterocycles. The van der Waals surface area contributed by atoms with E-state index in [-0.39, 0.29) is 18.2 Å². The molecule has 0 atom stereocenters. The first kappa shape index (κ1) is 22.0. The number of oxime groups is 1. The number of ether oxygens (including phenoxy) is 2. The van der Waals surface area contributed by atoms with E-state index in [9.17, 15) is 4.79 Å². The quantitative estimate of drug-likeness (QED) is 0.419. The molecule has 8 heteroatoms. The molecule has 0 unspecified atom stereocenters. The van der Waals surface area contributed by atoms with E-state index in [0.29, 0.717) is 17.1 Å². The Hall–Kier alpha value is -2.32. The summed E-state index contributed by atoms with van der Waals surface area (Å²) in [5.41, 5.74) is 2.52. The summed E-state index contributed by atoms with van der Waals surface area (Å²) in [5.74, 6) is 0.844. The number of carbonyl (C=O) groups is 1. The zero-order valence-corrected chi connectivity index (χ0v) is 18.8. The Morgan fingerprint density at radius 1 is 1.14 bits per heavy atom. The average molecular weight is 512 g/mol. The highest BCUT2D eigenvalue weighted by Gasteiger charge is 2.18. The lowest BCUT2D eigenvalue weighted by molar-refractivity contribution is -0.114. The fourth-order valence-electron chi connectivity index (χ4n) is 2.48. The van der Waals surface area contributed by atoms with Gasteiger partial charge < -0.3 is 19.6 Å². The van der Waals surface area contributed by atoms with Crippen molar-refractivity contribution >= 4 is 49.6 Å². The first-order valence-electron chi connectivity index (χ1n) is 8.25. The maximum absolute atomic E-state index is 12.2. The Bertz CT molecular complexity index is 894. The highest BCUT2D eigenvalue weighted by molar-refractivity contribution is 9.28. The summed E-state index contributed by atoms with van der Waals surface area (Å²) in [7, 11) is 4.52. The van der Waals surface area contributed by atoms with Crippen molar-refractivity contribution in [2.24, 2.45) is 5.16 Å². The first-order chi connectivity index (χ1) is 13.5. The van der Waals surface area contributed by atoms with Crippen LogP contribution in [-0.2, 0) is 16.2 Å². The van der Waals surface area contributed by atoms with Gasteiger partial charge in [0.15, 0.2) is 17.2 Å². The van der Waals surface area contributed by atoms with Gasteiger partial charge in [-0.25, -0.2) is 0 Å². The Morgan fingerprint density at radius 2 is 1.89 bits per heavy atom. The van der Waals surface area contributed by atoms with E-state index < -0.39 is 0 Å². The van der Waals surface area contributed by atoms with Gasteiger partial charge in [0.25, 0.3) is 5.91 Å². The number of carbonyl (C=O) groups excluding carboxylic acids is 1. The fourth-order valence-corrected chi connectivity index (χ4v) is 3.01. The molecular weight excluding hydrogens is 492 g/mol. The monoisotopic (exact) mass is 510 g/mol. The molecule has 0 bridgehead atoms. The van der Waals surface area contributed by atoms with Gasteiger partial charge in [0, 0.05) is 12.6 Å². The summed E-state index contributed by atoms with van der Waals surface area (Å²) in [6.07, 6.45) is 1.90. The van der Waals surface area contributed by atoms with Crippen LogP contribution >= 0.6 is 31.9 Å². The zero-order valence-electron chi connectivity index (χ0n) is 15.7. The number of methoxy groups -OCH3 is 1. The molecule has 0 aliphatic rings. The Balaban J connectivity index is 2.34. The summed E-state index contributed by atoms with van der Waals surface area (Å²) in [5, 5.41) is 6.43. The van der Waals surface area contributed by atoms with Crippen molar-refractivity contribution in [3.63, 3.8) is 0 Å². The summed E-state index contributed by atoms with van der Waals surface area (Å²) in [4.78, 5) is 17.0. The second-order valence-corrected chi connectivity index (χ2v) is 8.26. The van der Waals surface area contributed by atoms with Crippen LogP contribution in [0.15, 0.2) is 51.0 Å². The minimum Gasteiger partial charge on any atom is -0.493 e. The van der Waals surface area contributed by atoms with Gasteiger partial charge in [-0.15, -0.1) is 0 Å². The molecule has 0 aliphatic carbocycles. The average Bonchev–Trinajstić information content (AvgIpc) is 2.70. The van der Waals surface area contributed by atoms with Crippen LogP contribution in [0.1, 0.15) is 16.7 Å². The minimum atomic E-state index is -0.346. The first-order valence-corrected chi connectivity index (χ1v) is 9.83. The second-order valence-electron chi connectivity index (χ2n) is 5.49. The lowest BCUT2D eigenvalue weighted by Crippen LogP contribution is -2.29. The smallest absolute Gasteiger partial charge is 0.273 e. The highest BCUT2D eigenvalue weighted by Crippen LogP contribution is 2.31. The van der Waals surface area contributed by atoms with Crippen LogP contribution in [0, 0.1) is 0 Å². The van der Waals surface area contributed by atoms with Gasteiger partial charge in [-0.1, -0.05) is 35.5 Å². The van der Waals surface area contributed by atoms with Crippen molar-refractivity contribution in [3.05, 3.63) is 62.5 Å². The molecule has 28 heavy (non-hydrogen) atoms. The molecule has 1 amide bonds. The third kappa shape index (κ3) is 5.84. The molecule has 1 N–H and O–H groups in total. The third-order valence-corrected chi connectivity index (χ3v) is 4.20. The Kier molecular flexibility index (Phi) is 8.53. The number of nitrogens with zero attached hydrogens (tertiary/aromatic N) is 1. The fraction of sp³-hybridized carbons (Fsp3) is 0.200. The molecule has 0 aromatic heterocycles. The van der Waals surface area contributed by atoms with Crippen LogP contribution in [0.5, 0.6) is 11.5 Å². The molecule has 6 nitrogen and oxygen atoms in total. The molecular formula is C20H20Br2N2O4. The van der Waals surface area contributed by atoms with Crippen molar-refractivity contribution in [1.29, 1.82) is 0 Å². The number of rotatable bonds is 8. The van der Waals surface area contributed by atoms with Gasteiger partial charge in [0.05, 0.1) is 10.5 Å². The van der Waals surface area contributed by atoms with Crippen LogP contribution in [-0.4, -0.2) is 32.9 Å². The van der Waals surface area contributed by atoms with Crippen molar-refractivity contribution in [2.75, 3.05) is 21.3 Å². The molecule has 0 heterocycles. The number of likely N-dealkylation sites (N-methyl/N-ethyl adjacent to an activating group) is 1. The molecule has 2 aromatic carbocycles. The van der Waals surface area contributed by atoms with Crippen molar-refractivity contribution in [2.45, 2.75) is 6.61 Å². The van der Waals surface area contributed by atoms with Crippen molar-refractivity contribution < 1.29 is 19.1 Å². The van der Waals surface area contributed by atoms with Gasteiger partial charge in [0.1, 0.15) is 13.7 Å². The van der Waals surface area contributed by atoms with Crippen LogP contribution < -0.4 is 14.8 Å².